The van der Waals surface area contributed by atoms with Crippen molar-refractivity contribution in [3.63, 3.8) is 0 Å². The largest absolute Gasteiger partial charge is 0.313 e. The van der Waals surface area contributed by atoms with Crippen molar-refractivity contribution >= 4 is 11.8 Å². The number of aryl methyl sites for hydroxylation is 1. The van der Waals surface area contributed by atoms with Gasteiger partial charge in [0.15, 0.2) is 0 Å². The standard InChI is InChI=1S/C17H30N2S/c1-5-10-18-14-16-8-9-17(13-15(16)4)20-12-11-19(6-2)7-3/h8-9,13,18H,5-7,10-12,14H2,1-4H3. The molecular weight excluding hydrogens is 264 g/mol. The summed E-state index contributed by atoms with van der Waals surface area (Å²) in [7, 11) is 0. The lowest BCUT2D eigenvalue weighted by atomic mass is 10.1. The summed E-state index contributed by atoms with van der Waals surface area (Å²) in [6, 6.07) is 6.87. The quantitative estimate of drug-likeness (QED) is 0.520. The van der Waals surface area contributed by atoms with Crippen LogP contribution in [0.2, 0.25) is 0 Å². The van der Waals surface area contributed by atoms with Gasteiger partial charge < -0.3 is 10.2 Å². The Morgan fingerprint density at radius 1 is 1.15 bits per heavy atom. The molecule has 0 fully saturated rings. The second-order valence-electron chi connectivity index (χ2n) is 5.14. The molecule has 0 aliphatic rings. The molecule has 1 aromatic rings. The van der Waals surface area contributed by atoms with Crippen LogP contribution in [0.4, 0.5) is 0 Å². The van der Waals surface area contributed by atoms with Crippen molar-refractivity contribution in [2.75, 3.05) is 31.9 Å². The van der Waals surface area contributed by atoms with Gasteiger partial charge in [-0.3, -0.25) is 0 Å². The third-order valence-electron chi connectivity index (χ3n) is 3.63. The predicted octanol–water partition coefficient (Wildman–Crippen LogP) is 3.93. The van der Waals surface area contributed by atoms with E-state index in [4.69, 9.17) is 0 Å². The highest BCUT2D eigenvalue weighted by molar-refractivity contribution is 7.99. The van der Waals surface area contributed by atoms with Gasteiger partial charge in [0.1, 0.15) is 0 Å². The molecule has 0 saturated carbocycles. The molecule has 0 unspecified atom stereocenters. The van der Waals surface area contributed by atoms with Gasteiger partial charge in [0.25, 0.3) is 0 Å². The molecule has 0 amide bonds. The number of thioether (sulfide) groups is 1. The highest BCUT2D eigenvalue weighted by Gasteiger charge is 2.02. The van der Waals surface area contributed by atoms with Gasteiger partial charge in [0, 0.05) is 23.7 Å². The lowest BCUT2D eigenvalue weighted by molar-refractivity contribution is 0.324. The Balaban J connectivity index is 2.42. The van der Waals surface area contributed by atoms with E-state index in [2.05, 4.69) is 56.1 Å². The molecular formula is C17H30N2S. The Labute approximate surface area is 129 Å². The molecule has 20 heavy (non-hydrogen) atoms. The van der Waals surface area contributed by atoms with Crippen molar-refractivity contribution in [3.05, 3.63) is 29.3 Å². The van der Waals surface area contributed by atoms with Crippen molar-refractivity contribution in [3.8, 4) is 0 Å². The molecule has 0 bridgehead atoms. The van der Waals surface area contributed by atoms with Crippen LogP contribution >= 0.6 is 11.8 Å². The molecule has 0 saturated heterocycles. The topological polar surface area (TPSA) is 15.3 Å². The van der Waals surface area contributed by atoms with Gasteiger partial charge >= 0.3 is 0 Å². The smallest absolute Gasteiger partial charge is 0.0208 e. The molecule has 114 valence electrons. The van der Waals surface area contributed by atoms with Gasteiger partial charge in [0.05, 0.1) is 0 Å². The molecule has 1 rings (SSSR count). The molecule has 0 aliphatic carbocycles. The maximum Gasteiger partial charge on any atom is 0.0208 e. The van der Waals surface area contributed by atoms with Crippen LogP contribution in [0.3, 0.4) is 0 Å². The molecule has 0 atom stereocenters. The van der Waals surface area contributed by atoms with E-state index >= 15 is 0 Å². The maximum atomic E-state index is 3.47. The monoisotopic (exact) mass is 294 g/mol. The summed E-state index contributed by atoms with van der Waals surface area (Å²) in [4.78, 5) is 3.87. The van der Waals surface area contributed by atoms with E-state index in [1.165, 1.54) is 34.7 Å². The summed E-state index contributed by atoms with van der Waals surface area (Å²) in [5.74, 6) is 1.18. The van der Waals surface area contributed by atoms with Crippen LogP contribution in [-0.2, 0) is 6.54 Å². The van der Waals surface area contributed by atoms with Gasteiger partial charge in [-0.15, -0.1) is 11.8 Å². The van der Waals surface area contributed by atoms with E-state index in [1.54, 1.807) is 0 Å². The van der Waals surface area contributed by atoms with Gasteiger partial charge in [0.2, 0.25) is 0 Å². The minimum atomic E-state index is 0.990. The molecule has 1 N–H and O–H groups in total. The fraction of sp³-hybridized carbons (Fsp3) is 0.647. The van der Waals surface area contributed by atoms with Crippen molar-refractivity contribution in [1.29, 1.82) is 0 Å². The number of nitrogens with zero attached hydrogens (tertiary/aromatic N) is 1. The molecule has 0 spiro atoms. The Kier molecular flexibility index (Phi) is 8.99. The van der Waals surface area contributed by atoms with E-state index in [-0.39, 0.29) is 0 Å². The van der Waals surface area contributed by atoms with Crippen molar-refractivity contribution < 1.29 is 0 Å². The number of hydrogen-bond acceptors (Lipinski definition) is 3. The predicted molar refractivity (Wildman–Crippen MR) is 91.7 cm³/mol. The number of rotatable bonds is 10. The van der Waals surface area contributed by atoms with Crippen LogP contribution in [0.5, 0.6) is 0 Å². The van der Waals surface area contributed by atoms with E-state index < -0.39 is 0 Å². The third kappa shape index (κ3) is 6.29. The summed E-state index contributed by atoms with van der Waals surface area (Å²) in [5.41, 5.74) is 2.83. The molecule has 0 heterocycles. The third-order valence-corrected chi connectivity index (χ3v) is 4.60. The second kappa shape index (κ2) is 10.3. The Hall–Kier alpha value is -0.510. The minimum Gasteiger partial charge on any atom is -0.313 e. The van der Waals surface area contributed by atoms with Crippen molar-refractivity contribution in [2.45, 2.75) is 45.6 Å². The van der Waals surface area contributed by atoms with E-state index in [0.29, 0.717) is 0 Å². The zero-order valence-corrected chi connectivity index (χ0v) is 14.4. The first kappa shape index (κ1) is 17.5. The summed E-state index contributed by atoms with van der Waals surface area (Å²) in [6.45, 7) is 14.5. The van der Waals surface area contributed by atoms with E-state index in [9.17, 15) is 0 Å². The van der Waals surface area contributed by atoms with Crippen molar-refractivity contribution in [2.24, 2.45) is 0 Å². The average Bonchev–Trinajstić information content (AvgIpc) is 2.46. The normalized spacial score (nSPS) is 11.2. The molecule has 3 heteroatoms. The van der Waals surface area contributed by atoms with Crippen LogP contribution in [0.15, 0.2) is 23.1 Å². The number of hydrogen-bond donors (Lipinski definition) is 1. The fourth-order valence-corrected chi connectivity index (χ4v) is 3.20. The second-order valence-corrected chi connectivity index (χ2v) is 6.31. The van der Waals surface area contributed by atoms with Gasteiger partial charge in [-0.25, -0.2) is 0 Å². The Bertz CT molecular complexity index is 375. The van der Waals surface area contributed by atoms with Crippen LogP contribution in [0.1, 0.15) is 38.3 Å². The highest BCUT2D eigenvalue weighted by atomic mass is 32.2. The first-order valence-electron chi connectivity index (χ1n) is 7.86. The minimum absolute atomic E-state index is 0.990. The van der Waals surface area contributed by atoms with Crippen LogP contribution in [0.25, 0.3) is 0 Å². The molecule has 0 aromatic heterocycles. The first-order chi connectivity index (χ1) is 9.71. The molecule has 2 nitrogen and oxygen atoms in total. The highest BCUT2D eigenvalue weighted by Crippen LogP contribution is 2.21. The zero-order valence-electron chi connectivity index (χ0n) is 13.5. The van der Waals surface area contributed by atoms with E-state index in [1.807, 2.05) is 11.8 Å². The molecule has 1 aromatic carbocycles. The summed E-state index contributed by atoms with van der Waals surface area (Å²) < 4.78 is 0. The Morgan fingerprint density at radius 3 is 2.50 bits per heavy atom. The fourth-order valence-electron chi connectivity index (χ4n) is 2.19. The number of nitrogens with one attached hydrogen (secondary N) is 1. The van der Waals surface area contributed by atoms with Crippen molar-refractivity contribution in [1.82, 2.24) is 10.2 Å². The van der Waals surface area contributed by atoms with Crippen LogP contribution in [-0.4, -0.2) is 36.8 Å². The number of benzene rings is 1. The maximum absolute atomic E-state index is 3.47. The summed E-state index contributed by atoms with van der Waals surface area (Å²) in [6.07, 6.45) is 1.19. The Morgan fingerprint density at radius 2 is 1.90 bits per heavy atom. The van der Waals surface area contributed by atoms with Gasteiger partial charge in [-0.05, 0) is 56.2 Å². The van der Waals surface area contributed by atoms with Gasteiger partial charge in [-0.2, -0.15) is 0 Å². The van der Waals surface area contributed by atoms with Crippen LogP contribution in [0, 0.1) is 6.92 Å². The summed E-state index contributed by atoms with van der Waals surface area (Å²) in [5, 5.41) is 3.47. The van der Waals surface area contributed by atoms with E-state index in [0.717, 1.165) is 26.2 Å². The first-order valence-corrected chi connectivity index (χ1v) is 8.85. The summed E-state index contributed by atoms with van der Waals surface area (Å²) >= 11 is 1.97. The molecule has 0 aliphatic heterocycles. The lowest BCUT2D eigenvalue weighted by Gasteiger charge is -2.17. The SMILES string of the molecule is CCCNCc1ccc(SCCN(CC)CC)cc1C. The lowest BCUT2D eigenvalue weighted by Crippen LogP contribution is -2.25. The average molecular weight is 295 g/mol. The van der Waals surface area contributed by atoms with Crippen LogP contribution < -0.4 is 5.32 Å². The molecule has 0 radical (unpaired) electrons. The zero-order chi connectivity index (χ0) is 14.8. The van der Waals surface area contributed by atoms with Gasteiger partial charge in [-0.1, -0.05) is 26.8 Å².